The van der Waals surface area contributed by atoms with E-state index in [0.29, 0.717) is 44.4 Å². The van der Waals surface area contributed by atoms with Gasteiger partial charge in [-0.1, -0.05) is 6.07 Å². The standard InChI is InChI=1S/C26H26NO9PS.2Na/c1-32-17-10-9-14(11-16(17)27-37(29,30)31)26-23(22-18(33-2)7-6-8-21(22)38-26)24(28)15-12-19(34-3)25(36-5)20(13-15)35-4;;/h6-13H,1-5H3,(H3,27,29,30,31);;/q;2*+1/p-2. The minimum atomic E-state index is -5.14. The smallest absolute Gasteiger partial charge is 0.795 e. The van der Waals surface area contributed by atoms with Gasteiger partial charge in [-0.25, -0.2) is 0 Å². The van der Waals surface area contributed by atoms with Crippen molar-refractivity contribution in [2.24, 2.45) is 0 Å². The Balaban J connectivity index is 0.00000280. The van der Waals surface area contributed by atoms with Crippen molar-refractivity contribution in [1.82, 2.24) is 0 Å². The maximum Gasteiger partial charge on any atom is 1.00 e. The Morgan fingerprint density at radius 1 is 0.800 bits per heavy atom. The molecule has 0 fully saturated rings. The number of carbonyl (C=O) groups excluding carboxylic acids is 1. The van der Waals surface area contributed by atoms with E-state index in [2.05, 4.69) is 0 Å². The van der Waals surface area contributed by atoms with Gasteiger partial charge in [0.25, 0.3) is 0 Å². The molecular formula is C26H24NNa2O9PS. The average Bonchev–Trinajstić information content (AvgIpc) is 3.30. The van der Waals surface area contributed by atoms with Gasteiger partial charge in [0.1, 0.15) is 11.5 Å². The third kappa shape index (κ3) is 6.99. The van der Waals surface area contributed by atoms with Crippen LogP contribution in [-0.2, 0) is 4.57 Å². The van der Waals surface area contributed by atoms with E-state index in [1.54, 1.807) is 30.3 Å². The Bertz CT molecular complexity index is 1550. The molecular weight excluding hydrogens is 579 g/mol. The zero-order valence-corrected chi connectivity index (χ0v) is 28.9. The zero-order valence-electron chi connectivity index (χ0n) is 23.1. The molecule has 0 atom stereocenters. The number of hydrogen-bond donors (Lipinski definition) is 1. The summed E-state index contributed by atoms with van der Waals surface area (Å²) in [6, 6.07) is 13.2. The molecule has 0 saturated carbocycles. The van der Waals surface area contributed by atoms with Crippen LogP contribution in [0.4, 0.5) is 5.69 Å². The summed E-state index contributed by atoms with van der Waals surface area (Å²) in [5, 5.41) is 2.54. The number of ketones is 1. The Morgan fingerprint density at radius 3 is 1.93 bits per heavy atom. The first-order chi connectivity index (χ1) is 18.1. The van der Waals surface area contributed by atoms with Crippen molar-refractivity contribution in [3.05, 3.63) is 59.7 Å². The molecule has 0 amide bonds. The van der Waals surface area contributed by atoms with Crippen molar-refractivity contribution in [3.8, 4) is 39.2 Å². The van der Waals surface area contributed by atoms with Crippen molar-refractivity contribution in [1.29, 1.82) is 0 Å². The van der Waals surface area contributed by atoms with Crippen LogP contribution in [-0.4, -0.2) is 41.3 Å². The van der Waals surface area contributed by atoms with E-state index in [4.69, 9.17) is 23.7 Å². The Hall–Kier alpha value is -1.76. The number of methoxy groups -OCH3 is 5. The number of benzene rings is 3. The fourth-order valence-electron chi connectivity index (χ4n) is 4.15. The monoisotopic (exact) mass is 603 g/mol. The SMILES string of the molecule is COc1ccc(-c2sc3cccc(OC)c3c2C(=O)c2cc(OC)c(OC)c(OC)c2)cc1NP(=O)([O-])[O-].[Na+].[Na+]. The number of anilines is 1. The van der Waals surface area contributed by atoms with Crippen LogP contribution in [0.3, 0.4) is 0 Å². The van der Waals surface area contributed by atoms with Crippen LogP contribution < -0.4 is 97.7 Å². The molecule has 10 nitrogen and oxygen atoms in total. The molecule has 0 radical (unpaired) electrons. The molecule has 200 valence electrons. The third-order valence-electron chi connectivity index (χ3n) is 5.77. The quantitative estimate of drug-likeness (QED) is 0.124. The van der Waals surface area contributed by atoms with Gasteiger partial charge in [0, 0.05) is 28.3 Å². The van der Waals surface area contributed by atoms with E-state index in [1.165, 1.54) is 59.0 Å². The molecule has 3 aromatic carbocycles. The summed E-state index contributed by atoms with van der Waals surface area (Å²) >= 11 is 1.32. The zero-order chi connectivity index (χ0) is 27.6. The normalized spacial score (nSPS) is 10.7. The van der Waals surface area contributed by atoms with Gasteiger partial charge < -0.3 is 43.1 Å². The first kappa shape index (κ1) is 34.4. The second kappa shape index (κ2) is 14.4. The minimum Gasteiger partial charge on any atom is -0.795 e. The van der Waals surface area contributed by atoms with Crippen LogP contribution in [0.5, 0.6) is 28.7 Å². The Morgan fingerprint density at radius 2 is 1.40 bits per heavy atom. The first-order valence-electron chi connectivity index (χ1n) is 11.1. The van der Waals surface area contributed by atoms with Gasteiger partial charge in [-0.2, -0.15) is 0 Å². The predicted molar refractivity (Wildman–Crippen MR) is 141 cm³/mol. The number of ether oxygens (including phenoxy) is 5. The van der Waals surface area contributed by atoms with Crippen LogP contribution in [0.25, 0.3) is 20.5 Å². The molecule has 1 heterocycles. The van der Waals surface area contributed by atoms with Crippen molar-refractivity contribution in [2.75, 3.05) is 40.6 Å². The van der Waals surface area contributed by atoms with Crippen molar-refractivity contribution in [2.45, 2.75) is 0 Å². The van der Waals surface area contributed by atoms with Gasteiger partial charge >= 0.3 is 59.1 Å². The van der Waals surface area contributed by atoms with E-state index in [0.717, 1.165) is 4.70 Å². The van der Waals surface area contributed by atoms with E-state index >= 15 is 0 Å². The molecule has 14 heteroatoms. The van der Waals surface area contributed by atoms with Crippen LogP contribution in [0.15, 0.2) is 48.5 Å². The predicted octanol–water partition coefficient (Wildman–Crippen LogP) is -1.91. The number of hydrogen-bond acceptors (Lipinski definition) is 10. The van der Waals surface area contributed by atoms with Gasteiger partial charge in [-0.05, 0) is 48.0 Å². The average molecular weight is 603 g/mol. The molecule has 0 aliphatic rings. The van der Waals surface area contributed by atoms with Crippen molar-refractivity contribution < 1.29 is 102 Å². The van der Waals surface area contributed by atoms with E-state index in [9.17, 15) is 19.1 Å². The molecule has 0 bridgehead atoms. The van der Waals surface area contributed by atoms with Gasteiger partial charge in [-0.3, -0.25) is 4.79 Å². The molecule has 0 spiro atoms. The molecule has 1 aromatic heterocycles. The summed E-state index contributed by atoms with van der Waals surface area (Å²) in [6.45, 7) is 0. The molecule has 4 rings (SSSR count). The molecule has 40 heavy (non-hydrogen) atoms. The maximum absolute atomic E-state index is 14.2. The molecule has 0 saturated heterocycles. The van der Waals surface area contributed by atoms with E-state index in [-0.39, 0.29) is 81.9 Å². The van der Waals surface area contributed by atoms with Gasteiger partial charge in [-0.15, -0.1) is 11.3 Å². The number of thiophene rings is 1. The summed E-state index contributed by atoms with van der Waals surface area (Å²) in [7, 11) is 2.10. The fraction of sp³-hybridized carbons (Fsp3) is 0.192. The summed E-state index contributed by atoms with van der Waals surface area (Å²) in [6.07, 6.45) is 0. The van der Waals surface area contributed by atoms with Crippen molar-refractivity contribution >= 4 is 40.6 Å². The Labute approximate surface area is 279 Å². The number of fused-ring (bicyclic) bond motifs is 1. The van der Waals surface area contributed by atoms with E-state index < -0.39 is 7.75 Å². The van der Waals surface area contributed by atoms with Crippen LogP contribution >= 0.6 is 19.1 Å². The topological polar surface area (TPSA) is 138 Å². The maximum atomic E-state index is 14.2. The fourth-order valence-corrected chi connectivity index (χ4v) is 5.83. The van der Waals surface area contributed by atoms with Crippen LogP contribution in [0.2, 0.25) is 0 Å². The summed E-state index contributed by atoms with van der Waals surface area (Å²) in [5.74, 6) is 1.22. The molecule has 1 N–H and O–H groups in total. The molecule has 0 aliphatic carbocycles. The second-order valence-electron chi connectivity index (χ2n) is 7.91. The second-order valence-corrected chi connectivity index (χ2v) is 10.2. The van der Waals surface area contributed by atoms with Crippen LogP contribution in [0.1, 0.15) is 15.9 Å². The summed E-state index contributed by atoms with van der Waals surface area (Å²) in [4.78, 5) is 37.7. The van der Waals surface area contributed by atoms with Crippen LogP contribution in [0, 0.1) is 0 Å². The van der Waals surface area contributed by atoms with Gasteiger partial charge in [0.2, 0.25) is 5.75 Å². The van der Waals surface area contributed by atoms with Gasteiger partial charge in [0.15, 0.2) is 17.3 Å². The minimum absolute atomic E-state index is 0. The summed E-state index contributed by atoms with van der Waals surface area (Å²) < 4.78 is 39.3. The number of nitrogens with one attached hydrogen (secondary N) is 1. The molecule has 0 unspecified atom stereocenters. The van der Waals surface area contributed by atoms with Crippen molar-refractivity contribution in [3.63, 3.8) is 0 Å². The summed E-state index contributed by atoms with van der Waals surface area (Å²) in [5.41, 5.74) is 1.02. The number of rotatable bonds is 10. The Kier molecular flexibility index (Phi) is 12.4. The third-order valence-corrected chi connectivity index (χ3v) is 7.49. The largest absolute Gasteiger partial charge is 1.00 e. The first-order valence-corrected chi connectivity index (χ1v) is 13.4. The number of carbonyl (C=O) groups is 1. The van der Waals surface area contributed by atoms with Gasteiger partial charge in [0.05, 0.1) is 46.8 Å². The molecule has 0 aliphatic heterocycles. The van der Waals surface area contributed by atoms with E-state index in [1.807, 2.05) is 11.2 Å². The molecule has 4 aromatic rings.